The first-order chi connectivity index (χ1) is 11.2. The predicted molar refractivity (Wildman–Crippen MR) is 89.2 cm³/mol. The van der Waals surface area contributed by atoms with E-state index in [1.807, 2.05) is 24.3 Å². The van der Waals surface area contributed by atoms with Crippen LogP contribution in [0.1, 0.15) is 31.6 Å². The highest BCUT2D eigenvalue weighted by Crippen LogP contribution is 2.30. The molecular formula is C17H21ClN4O. The van der Waals surface area contributed by atoms with Crippen LogP contribution in [0.25, 0.3) is 11.4 Å². The largest absolute Gasteiger partial charge is 0.338 e. The SMILES string of the molecule is CN(Cc1nc(-c2cccc(Cl)c2)no1)C1CC2CCC(C1)N2. The molecule has 23 heavy (non-hydrogen) atoms. The first kappa shape index (κ1) is 15.1. The van der Waals surface area contributed by atoms with Crippen LogP contribution in [0.5, 0.6) is 0 Å². The fourth-order valence-electron chi connectivity index (χ4n) is 3.79. The van der Waals surface area contributed by atoms with Crippen molar-refractivity contribution in [3.8, 4) is 11.4 Å². The van der Waals surface area contributed by atoms with Gasteiger partial charge in [0.05, 0.1) is 6.54 Å². The van der Waals surface area contributed by atoms with Crippen molar-refractivity contribution < 1.29 is 4.52 Å². The van der Waals surface area contributed by atoms with Gasteiger partial charge in [-0.15, -0.1) is 0 Å². The van der Waals surface area contributed by atoms with Gasteiger partial charge < -0.3 is 9.84 Å². The van der Waals surface area contributed by atoms with Crippen molar-refractivity contribution in [1.82, 2.24) is 20.4 Å². The quantitative estimate of drug-likeness (QED) is 0.932. The molecule has 2 saturated heterocycles. The van der Waals surface area contributed by atoms with Crippen molar-refractivity contribution in [1.29, 1.82) is 0 Å². The normalized spacial score (nSPS) is 26.8. The van der Waals surface area contributed by atoms with Gasteiger partial charge in [-0.1, -0.05) is 28.9 Å². The number of aromatic nitrogens is 2. The lowest BCUT2D eigenvalue weighted by Gasteiger charge is -2.34. The minimum Gasteiger partial charge on any atom is -0.338 e. The molecule has 2 aliphatic heterocycles. The lowest BCUT2D eigenvalue weighted by Crippen LogP contribution is -2.46. The van der Waals surface area contributed by atoms with Gasteiger partial charge in [0.15, 0.2) is 0 Å². The summed E-state index contributed by atoms with van der Waals surface area (Å²) in [6, 6.07) is 9.49. The number of fused-ring (bicyclic) bond motifs is 2. The number of nitrogens with zero attached hydrogens (tertiary/aromatic N) is 3. The number of piperidine rings is 1. The van der Waals surface area contributed by atoms with Crippen LogP contribution >= 0.6 is 11.6 Å². The third-order valence-electron chi connectivity index (χ3n) is 5.01. The smallest absolute Gasteiger partial charge is 0.241 e. The van der Waals surface area contributed by atoms with Gasteiger partial charge in [0.25, 0.3) is 0 Å². The Morgan fingerprint density at radius 2 is 2.09 bits per heavy atom. The zero-order chi connectivity index (χ0) is 15.8. The Morgan fingerprint density at radius 3 is 2.83 bits per heavy atom. The molecule has 1 aromatic heterocycles. The minimum absolute atomic E-state index is 0.593. The number of hydrogen-bond donors (Lipinski definition) is 1. The second-order valence-corrected chi connectivity index (χ2v) is 7.14. The summed E-state index contributed by atoms with van der Waals surface area (Å²) in [5, 5.41) is 8.44. The highest BCUT2D eigenvalue weighted by Gasteiger charge is 2.35. The molecule has 2 bridgehead atoms. The van der Waals surface area contributed by atoms with E-state index in [2.05, 4.69) is 27.4 Å². The van der Waals surface area contributed by atoms with E-state index in [4.69, 9.17) is 16.1 Å². The fourth-order valence-corrected chi connectivity index (χ4v) is 3.98. The molecule has 0 radical (unpaired) electrons. The molecule has 2 aliphatic rings. The van der Waals surface area contributed by atoms with E-state index in [1.54, 1.807) is 0 Å². The Balaban J connectivity index is 1.43. The molecule has 6 heteroatoms. The van der Waals surface area contributed by atoms with Crippen LogP contribution < -0.4 is 5.32 Å². The second kappa shape index (κ2) is 6.23. The van der Waals surface area contributed by atoms with Gasteiger partial charge in [-0.25, -0.2) is 0 Å². The predicted octanol–water partition coefficient (Wildman–Crippen LogP) is 3.10. The van der Waals surface area contributed by atoms with Crippen LogP contribution in [-0.4, -0.2) is 40.2 Å². The summed E-state index contributed by atoms with van der Waals surface area (Å²) in [7, 11) is 2.15. The third kappa shape index (κ3) is 3.27. The first-order valence-corrected chi connectivity index (χ1v) is 8.60. The van der Waals surface area contributed by atoms with E-state index >= 15 is 0 Å². The summed E-state index contributed by atoms with van der Waals surface area (Å²) >= 11 is 6.02. The molecule has 4 rings (SSSR count). The molecular weight excluding hydrogens is 312 g/mol. The van der Waals surface area contributed by atoms with Gasteiger partial charge in [0.1, 0.15) is 0 Å². The highest BCUT2D eigenvalue weighted by atomic mass is 35.5. The van der Waals surface area contributed by atoms with Crippen LogP contribution in [0.15, 0.2) is 28.8 Å². The number of rotatable bonds is 4. The van der Waals surface area contributed by atoms with Gasteiger partial charge in [-0.05, 0) is 44.9 Å². The van der Waals surface area contributed by atoms with Crippen LogP contribution in [0.3, 0.4) is 0 Å². The summed E-state index contributed by atoms with van der Waals surface area (Å²) in [6.45, 7) is 0.692. The fraction of sp³-hybridized carbons (Fsp3) is 0.529. The summed E-state index contributed by atoms with van der Waals surface area (Å²) < 4.78 is 5.43. The molecule has 122 valence electrons. The molecule has 0 spiro atoms. The maximum Gasteiger partial charge on any atom is 0.241 e. The Labute approximate surface area is 141 Å². The lowest BCUT2D eigenvalue weighted by atomic mass is 9.98. The maximum absolute atomic E-state index is 6.02. The molecule has 0 saturated carbocycles. The molecule has 1 aromatic carbocycles. The maximum atomic E-state index is 6.02. The average molecular weight is 333 g/mol. The summed E-state index contributed by atoms with van der Waals surface area (Å²) in [4.78, 5) is 6.87. The van der Waals surface area contributed by atoms with Crippen molar-refractivity contribution >= 4 is 11.6 Å². The van der Waals surface area contributed by atoms with Gasteiger partial charge >= 0.3 is 0 Å². The van der Waals surface area contributed by atoms with Gasteiger partial charge in [0.2, 0.25) is 11.7 Å². The lowest BCUT2D eigenvalue weighted by molar-refractivity contribution is 0.150. The number of benzene rings is 1. The van der Waals surface area contributed by atoms with E-state index in [0.29, 0.717) is 41.4 Å². The average Bonchev–Trinajstić information content (AvgIpc) is 3.14. The Kier molecular flexibility index (Phi) is 4.09. The number of halogens is 1. The Hall–Kier alpha value is -1.43. The molecule has 1 N–H and O–H groups in total. The van der Waals surface area contributed by atoms with Crippen molar-refractivity contribution in [2.75, 3.05) is 7.05 Å². The van der Waals surface area contributed by atoms with Crippen LogP contribution in [0.2, 0.25) is 5.02 Å². The first-order valence-electron chi connectivity index (χ1n) is 8.22. The summed E-state index contributed by atoms with van der Waals surface area (Å²) in [5.74, 6) is 1.26. The topological polar surface area (TPSA) is 54.2 Å². The minimum atomic E-state index is 0.593. The van der Waals surface area contributed by atoms with Crippen LogP contribution in [0.4, 0.5) is 0 Å². The van der Waals surface area contributed by atoms with Gasteiger partial charge in [-0.2, -0.15) is 4.98 Å². The molecule has 3 heterocycles. The molecule has 0 aliphatic carbocycles. The summed E-state index contributed by atoms with van der Waals surface area (Å²) in [5.41, 5.74) is 0.884. The highest BCUT2D eigenvalue weighted by molar-refractivity contribution is 6.30. The van der Waals surface area contributed by atoms with Gasteiger partial charge in [-0.3, -0.25) is 4.90 Å². The Morgan fingerprint density at radius 1 is 1.30 bits per heavy atom. The number of hydrogen-bond acceptors (Lipinski definition) is 5. The molecule has 0 amide bonds. The van der Waals surface area contributed by atoms with E-state index in [0.717, 1.165) is 5.56 Å². The van der Waals surface area contributed by atoms with Crippen molar-refractivity contribution in [3.05, 3.63) is 35.2 Å². The molecule has 2 aromatic rings. The molecule has 2 atom stereocenters. The molecule has 2 fully saturated rings. The summed E-state index contributed by atoms with van der Waals surface area (Å²) in [6.07, 6.45) is 5.05. The standard InChI is InChI=1S/C17H21ClN4O/c1-22(15-8-13-5-6-14(9-15)19-13)10-16-20-17(21-23-16)11-3-2-4-12(18)7-11/h2-4,7,13-15,19H,5-6,8-10H2,1H3. The van der Waals surface area contributed by atoms with Crippen LogP contribution in [-0.2, 0) is 6.54 Å². The zero-order valence-corrected chi connectivity index (χ0v) is 14.0. The third-order valence-corrected chi connectivity index (χ3v) is 5.24. The van der Waals surface area contributed by atoms with Crippen molar-refractivity contribution in [3.63, 3.8) is 0 Å². The number of nitrogens with one attached hydrogen (secondary N) is 1. The van der Waals surface area contributed by atoms with E-state index < -0.39 is 0 Å². The van der Waals surface area contributed by atoms with E-state index in [-0.39, 0.29) is 0 Å². The van der Waals surface area contributed by atoms with E-state index in [9.17, 15) is 0 Å². The van der Waals surface area contributed by atoms with Crippen LogP contribution in [0, 0.1) is 0 Å². The molecule has 2 unspecified atom stereocenters. The monoisotopic (exact) mass is 332 g/mol. The van der Waals surface area contributed by atoms with E-state index in [1.165, 1.54) is 25.7 Å². The Bertz CT molecular complexity index is 677. The molecule has 5 nitrogen and oxygen atoms in total. The van der Waals surface area contributed by atoms with Gasteiger partial charge in [0, 0.05) is 28.7 Å². The van der Waals surface area contributed by atoms with Crippen molar-refractivity contribution in [2.45, 2.75) is 50.4 Å². The van der Waals surface area contributed by atoms with Crippen molar-refractivity contribution in [2.24, 2.45) is 0 Å². The zero-order valence-electron chi connectivity index (χ0n) is 13.2. The second-order valence-electron chi connectivity index (χ2n) is 6.70.